The van der Waals surface area contributed by atoms with Crippen molar-refractivity contribution < 1.29 is 9.66 Å². The number of benzene rings is 2. The average Bonchev–Trinajstić information content (AvgIpc) is 2.52. The van der Waals surface area contributed by atoms with E-state index in [-0.39, 0.29) is 5.69 Å². The highest BCUT2D eigenvalue weighted by Crippen LogP contribution is 2.29. The molecule has 0 aliphatic heterocycles. The number of rotatable bonds is 7. The lowest BCUT2D eigenvalue weighted by molar-refractivity contribution is -0.385. The van der Waals surface area contributed by atoms with E-state index in [2.05, 4.69) is 15.9 Å². The van der Waals surface area contributed by atoms with Gasteiger partial charge in [-0.1, -0.05) is 40.2 Å². The van der Waals surface area contributed by atoms with E-state index in [1.807, 2.05) is 30.3 Å². The molecular weight excluding hydrogens is 354 g/mol. The van der Waals surface area contributed by atoms with Crippen molar-refractivity contribution in [2.24, 2.45) is 0 Å². The maximum absolute atomic E-state index is 11.0. The summed E-state index contributed by atoms with van der Waals surface area (Å²) in [6.07, 6.45) is 0. The molecule has 0 aliphatic rings. The number of nitro benzene ring substituents is 1. The smallest absolute Gasteiger partial charge is 0.310 e. The summed E-state index contributed by atoms with van der Waals surface area (Å²) in [6, 6.07) is 14.9. The van der Waals surface area contributed by atoms with Gasteiger partial charge in [0.1, 0.15) is 0 Å². The molecule has 0 radical (unpaired) electrons. The van der Waals surface area contributed by atoms with Gasteiger partial charge in [-0.25, -0.2) is 0 Å². The molecular formula is C15H14BrNO3S. The van der Waals surface area contributed by atoms with Crippen LogP contribution in [0.5, 0.6) is 5.75 Å². The fourth-order valence-electron chi connectivity index (χ4n) is 1.74. The fraction of sp³-hybridized carbons (Fsp3) is 0.200. The van der Waals surface area contributed by atoms with Crippen LogP contribution in [0.2, 0.25) is 0 Å². The van der Waals surface area contributed by atoms with Gasteiger partial charge < -0.3 is 4.74 Å². The lowest BCUT2D eigenvalue weighted by Crippen LogP contribution is -2.03. The second-order valence-corrected chi connectivity index (χ2v) is 5.93. The Balaban J connectivity index is 1.94. The average molecular weight is 368 g/mol. The van der Waals surface area contributed by atoms with Crippen LogP contribution < -0.4 is 4.74 Å². The Hall–Kier alpha value is -1.53. The molecule has 4 nitrogen and oxygen atoms in total. The van der Waals surface area contributed by atoms with Crippen LogP contribution in [0.3, 0.4) is 0 Å². The molecule has 0 N–H and O–H groups in total. The number of hydrogen-bond donors (Lipinski definition) is 0. The van der Waals surface area contributed by atoms with E-state index in [4.69, 9.17) is 4.74 Å². The van der Waals surface area contributed by atoms with Crippen molar-refractivity contribution >= 4 is 33.4 Å². The Kier molecular flexibility index (Phi) is 6.07. The molecule has 110 valence electrons. The van der Waals surface area contributed by atoms with Gasteiger partial charge in [0.15, 0.2) is 5.75 Å². The first-order valence-corrected chi connectivity index (χ1v) is 8.45. The van der Waals surface area contributed by atoms with Crippen LogP contribution in [0.25, 0.3) is 0 Å². The molecule has 2 rings (SSSR count). The van der Waals surface area contributed by atoms with Crippen LogP contribution in [0, 0.1) is 10.1 Å². The Morgan fingerprint density at radius 3 is 2.62 bits per heavy atom. The molecule has 21 heavy (non-hydrogen) atoms. The van der Waals surface area contributed by atoms with E-state index in [0.717, 1.165) is 16.2 Å². The first kappa shape index (κ1) is 15.9. The molecule has 0 aromatic heterocycles. The maximum atomic E-state index is 11.0. The summed E-state index contributed by atoms with van der Waals surface area (Å²) >= 11 is 5.00. The van der Waals surface area contributed by atoms with Crippen LogP contribution in [0.15, 0.2) is 53.4 Å². The summed E-state index contributed by atoms with van der Waals surface area (Å²) < 4.78 is 5.58. The lowest BCUT2D eigenvalue weighted by atomic mass is 10.2. The highest BCUT2D eigenvalue weighted by molar-refractivity contribution is 9.08. The van der Waals surface area contributed by atoms with Crippen molar-refractivity contribution in [1.82, 2.24) is 0 Å². The van der Waals surface area contributed by atoms with Gasteiger partial charge in [0.05, 0.1) is 11.5 Å². The standard InChI is InChI=1S/C15H14BrNO3S/c16-11-12-6-7-14(17(18)19)15(10-12)20-8-9-21-13-4-2-1-3-5-13/h1-7,10H,8-9,11H2. The third kappa shape index (κ3) is 4.75. The zero-order chi connectivity index (χ0) is 15.1. The van der Waals surface area contributed by atoms with Gasteiger partial charge in [0, 0.05) is 22.0 Å². The van der Waals surface area contributed by atoms with Gasteiger partial charge in [-0.15, -0.1) is 11.8 Å². The second-order valence-electron chi connectivity index (χ2n) is 4.20. The van der Waals surface area contributed by atoms with Crippen molar-refractivity contribution in [1.29, 1.82) is 0 Å². The lowest BCUT2D eigenvalue weighted by Gasteiger charge is -2.08. The number of nitro groups is 1. The predicted molar refractivity (Wildman–Crippen MR) is 88.4 cm³/mol. The van der Waals surface area contributed by atoms with Gasteiger partial charge in [-0.05, 0) is 23.8 Å². The maximum Gasteiger partial charge on any atom is 0.310 e. The van der Waals surface area contributed by atoms with Gasteiger partial charge in [-0.3, -0.25) is 10.1 Å². The summed E-state index contributed by atoms with van der Waals surface area (Å²) in [5, 5.41) is 11.6. The molecule has 0 bridgehead atoms. The van der Waals surface area contributed by atoms with Crippen LogP contribution in [-0.2, 0) is 5.33 Å². The summed E-state index contributed by atoms with van der Waals surface area (Å²) in [4.78, 5) is 11.7. The molecule has 0 heterocycles. The van der Waals surface area contributed by atoms with E-state index in [9.17, 15) is 10.1 Å². The number of halogens is 1. The topological polar surface area (TPSA) is 52.4 Å². The molecule has 0 unspecified atom stereocenters. The van der Waals surface area contributed by atoms with Crippen molar-refractivity contribution in [3.8, 4) is 5.75 Å². The molecule has 0 saturated heterocycles. The summed E-state index contributed by atoms with van der Waals surface area (Å²) in [5.41, 5.74) is 0.954. The summed E-state index contributed by atoms with van der Waals surface area (Å²) in [6.45, 7) is 0.423. The Bertz CT molecular complexity index is 607. The Morgan fingerprint density at radius 1 is 1.19 bits per heavy atom. The third-order valence-corrected chi connectivity index (χ3v) is 4.35. The first-order chi connectivity index (χ1) is 10.2. The molecule has 0 aliphatic carbocycles. The van der Waals surface area contributed by atoms with Crippen molar-refractivity contribution in [3.05, 3.63) is 64.2 Å². The number of hydrogen-bond acceptors (Lipinski definition) is 4. The van der Waals surface area contributed by atoms with Gasteiger partial charge in [-0.2, -0.15) is 0 Å². The second kappa shape index (κ2) is 8.05. The Morgan fingerprint density at radius 2 is 1.95 bits per heavy atom. The fourth-order valence-corrected chi connectivity index (χ4v) is 2.84. The largest absolute Gasteiger partial charge is 0.486 e. The zero-order valence-corrected chi connectivity index (χ0v) is 13.6. The monoisotopic (exact) mass is 367 g/mol. The molecule has 2 aromatic carbocycles. The van der Waals surface area contributed by atoms with Crippen molar-refractivity contribution in [2.75, 3.05) is 12.4 Å². The highest BCUT2D eigenvalue weighted by atomic mass is 79.9. The van der Waals surface area contributed by atoms with E-state index in [0.29, 0.717) is 17.7 Å². The van der Waals surface area contributed by atoms with Gasteiger partial charge in [0.2, 0.25) is 0 Å². The van der Waals surface area contributed by atoms with Gasteiger partial charge >= 0.3 is 5.69 Å². The first-order valence-electron chi connectivity index (χ1n) is 6.34. The minimum atomic E-state index is -0.419. The molecule has 6 heteroatoms. The normalized spacial score (nSPS) is 10.3. The number of thioether (sulfide) groups is 1. The quantitative estimate of drug-likeness (QED) is 0.235. The minimum Gasteiger partial charge on any atom is -0.486 e. The van der Waals surface area contributed by atoms with E-state index in [1.54, 1.807) is 23.9 Å². The number of nitrogens with zero attached hydrogens (tertiary/aromatic N) is 1. The highest BCUT2D eigenvalue weighted by Gasteiger charge is 2.15. The van der Waals surface area contributed by atoms with Crippen molar-refractivity contribution in [3.63, 3.8) is 0 Å². The number of alkyl halides is 1. The van der Waals surface area contributed by atoms with E-state index in [1.165, 1.54) is 6.07 Å². The van der Waals surface area contributed by atoms with E-state index < -0.39 is 4.92 Å². The molecule has 2 aromatic rings. The zero-order valence-electron chi connectivity index (χ0n) is 11.2. The summed E-state index contributed by atoms with van der Waals surface area (Å²) in [5.74, 6) is 1.06. The van der Waals surface area contributed by atoms with Crippen LogP contribution >= 0.6 is 27.7 Å². The van der Waals surface area contributed by atoms with Crippen LogP contribution in [0.1, 0.15) is 5.56 Å². The molecule has 0 saturated carbocycles. The SMILES string of the molecule is O=[N+]([O-])c1ccc(CBr)cc1OCCSc1ccccc1. The molecule has 0 fully saturated rings. The van der Waals surface area contributed by atoms with E-state index >= 15 is 0 Å². The van der Waals surface area contributed by atoms with Gasteiger partial charge in [0.25, 0.3) is 0 Å². The summed E-state index contributed by atoms with van der Waals surface area (Å²) in [7, 11) is 0. The molecule has 0 spiro atoms. The minimum absolute atomic E-state index is 0.00408. The molecule has 0 amide bonds. The third-order valence-electron chi connectivity index (χ3n) is 2.73. The molecule has 0 atom stereocenters. The van der Waals surface area contributed by atoms with Crippen molar-refractivity contribution in [2.45, 2.75) is 10.2 Å². The number of ether oxygens (including phenoxy) is 1. The van der Waals surface area contributed by atoms with Crippen LogP contribution in [-0.4, -0.2) is 17.3 Å². The predicted octanol–water partition coefficient (Wildman–Crippen LogP) is 4.66. The van der Waals surface area contributed by atoms with Crippen LogP contribution in [0.4, 0.5) is 5.69 Å². The Labute approximate surface area is 135 Å².